The number of nitrogens with zero attached hydrogens (tertiary/aromatic N) is 3. The third kappa shape index (κ3) is 4.50. The molecule has 0 amide bonds. The van der Waals surface area contributed by atoms with Crippen molar-refractivity contribution < 1.29 is 4.39 Å². The Bertz CT molecular complexity index is 833. The van der Waals surface area contributed by atoms with Gasteiger partial charge < -0.3 is 10.6 Å². The molecule has 0 saturated carbocycles. The van der Waals surface area contributed by atoms with Gasteiger partial charge in [-0.15, -0.1) is 5.10 Å². The average Bonchev–Trinajstić information content (AvgIpc) is 2.62. The Morgan fingerprint density at radius 1 is 1.04 bits per heavy atom. The molecule has 0 fully saturated rings. The Balaban J connectivity index is 1.70. The molecule has 1 heterocycles. The Morgan fingerprint density at radius 3 is 2.56 bits per heavy atom. The molecule has 6 heteroatoms. The summed E-state index contributed by atoms with van der Waals surface area (Å²) >= 11 is 0. The van der Waals surface area contributed by atoms with E-state index in [2.05, 4.69) is 45.7 Å². The first-order valence-electron chi connectivity index (χ1n) is 8.16. The average molecular weight is 337 g/mol. The van der Waals surface area contributed by atoms with Crippen molar-refractivity contribution in [2.45, 2.75) is 26.3 Å². The van der Waals surface area contributed by atoms with Crippen LogP contribution in [0.2, 0.25) is 0 Å². The molecule has 0 bridgehead atoms. The molecule has 3 rings (SSSR count). The molecule has 0 saturated heterocycles. The van der Waals surface area contributed by atoms with Crippen molar-refractivity contribution in [1.82, 2.24) is 15.2 Å². The second-order valence-electron chi connectivity index (χ2n) is 6.01. The predicted octanol–water partition coefficient (Wildman–Crippen LogP) is 4.49. The summed E-state index contributed by atoms with van der Waals surface area (Å²) in [6, 6.07) is 14.4. The topological polar surface area (TPSA) is 62.7 Å². The molecule has 2 N–H and O–H groups in total. The number of nitrogens with one attached hydrogen (secondary N) is 2. The van der Waals surface area contributed by atoms with Crippen molar-refractivity contribution in [2.24, 2.45) is 0 Å². The maximum absolute atomic E-state index is 12.9. The Kier molecular flexibility index (Phi) is 5.18. The number of anilines is 3. The molecule has 128 valence electrons. The summed E-state index contributed by atoms with van der Waals surface area (Å²) in [7, 11) is 0. The van der Waals surface area contributed by atoms with Crippen LogP contribution in [0.3, 0.4) is 0 Å². The molecule has 1 aromatic heterocycles. The molecular weight excluding hydrogens is 317 g/mol. The number of hydrogen-bond acceptors (Lipinski definition) is 5. The van der Waals surface area contributed by atoms with Gasteiger partial charge >= 0.3 is 0 Å². The molecule has 2 aromatic carbocycles. The van der Waals surface area contributed by atoms with Crippen LogP contribution < -0.4 is 10.6 Å². The van der Waals surface area contributed by atoms with E-state index in [1.807, 2.05) is 18.2 Å². The monoisotopic (exact) mass is 337 g/mol. The van der Waals surface area contributed by atoms with Crippen LogP contribution in [0.25, 0.3) is 0 Å². The molecular formula is C19H20FN5. The largest absolute Gasteiger partial charge is 0.349 e. The highest BCUT2D eigenvalue weighted by Crippen LogP contribution is 2.26. The molecule has 0 unspecified atom stereocenters. The zero-order valence-electron chi connectivity index (χ0n) is 14.2. The standard InChI is InChI=1S/C19H20FN5/c1-13(2)16-5-3-4-6-17(16)23-18-12-22-25-19(24-18)21-11-14-7-9-15(20)10-8-14/h3-10,12-13H,11H2,1-2H3,(H2,21,23,24,25). The second kappa shape index (κ2) is 7.70. The normalized spacial score (nSPS) is 10.7. The van der Waals surface area contributed by atoms with Crippen molar-refractivity contribution in [3.05, 3.63) is 71.7 Å². The number of rotatable bonds is 6. The van der Waals surface area contributed by atoms with Gasteiger partial charge in [-0.05, 0) is 35.2 Å². The van der Waals surface area contributed by atoms with Crippen LogP contribution in [0.5, 0.6) is 0 Å². The van der Waals surface area contributed by atoms with Gasteiger partial charge in [0.2, 0.25) is 5.95 Å². The van der Waals surface area contributed by atoms with E-state index in [-0.39, 0.29) is 5.82 Å². The van der Waals surface area contributed by atoms with Crippen molar-refractivity contribution in [3.8, 4) is 0 Å². The van der Waals surface area contributed by atoms with Gasteiger partial charge in [-0.1, -0.05) is 44.2 Å². The molecule has 0 spiro atoms. The summed E-state index contributed by atoms with van der Waals surface area (Å²) in [5.41, 5.74) is 3.15. The molecule has 5 nitrogen and oxygen atoms in total. The maximum atomic E-state index is 12.9. The van der Waals surface area contributed by atoms with Crippen LogP contribution in [0.15, 0.2) is 54.7 Å². The lowest BCUT2D eigenvalue weighted by Gasteiger charge is -2.14. The van der Waals surface area contributed by atoms with Crippen molar-refractivity contribution in [2.75, 3.05) is 10.6 Å². The highest BCUT2D eigenvalue weighted by molar-refractivity contribution is 5.61. The molecule has 0 aliphatic rings. The summed E-state index contributed by atoms with van der Waals surface area (Å²) in [4.78, 5) is 4.43. The van der Waals surface area contributed by atoms with Crippen molar-refractivity contribution in [1.29, 1.82) is 0 Å². The minimum absolute atomic E-state index is 0.253. The van der Waals surface area contributed by atoms with E-state index in [0.29, 0.717) is 24.2 Å². The summed E-state index contributed by atoms with van der Waals surface area (Å²) in [5.74, 6) is 1.17. The van der Waals surface area contributed by atoms with Gasteiger partial charge in [0.05, 0.1) is 6.20 Å². The Labute approximate surface area is 146 Å². The van der Waals surface area contributed by atoms with Crippen LogP contribution in [0.4, 0.5) is 21.8 Å². The molecule has 0 aliphatic heterocycles. The smallest absolute Gasteiger partial charge is 0.244 e. The predicted molar refractivity (Wildman–Crippen MR) is 97.4 cm³/mol. The van der Waals surface area contributed by atoms with E-state index in [0.717, 1.165) is 11.3 Å². The molecule has 25 heavy (non-hydrogen) atoms. The fourth-order valence-corrected chi connectivity index (χ4v) is 2.47. The third-order valence-electron chi connectivity index (χ3n) is 3.77. The van der Waals surface area contributed by atoms with E-state index in [1.165, 1.54) is 17.7 Å². The van der Waals surface area contributed by atoms with Crippen LogP contribution in [0, 0.1) is 5.82 Å². The molecule has 0 atom stereocenters. The first-order chi connectivity index (χ1) is 12.1. The lowest BCUT2D eigenvalue weighted by atomic mass is 10.0. The van der Waals surface area contributed by atoms with Crippen LogP contribution in [0.1, 0.15) is 30.9 Å². The Hall–Kier alpha value is -3.02. The summed E-state index contributed by atoms with van der Waals surface area (Å²) < 4.78 is 12.9. The van der Waals surface area contributed by atoms with Gasteiger partial charge in [-0.2, -0.15) is 10.1 Å². The summed E-state index contributed by atoms with van der Waals surface area (Å²) in [5, 5.41) is 14.4. The maximum Gasteiger partial charge on any atom is 0.244 e. The highest BCUT2D eigenvalue weighted by atomic mass is 19.1. The quantitative estimate of drug-likeness (QED) is 0.694. The fraction of sp³-hybridized carbons (Fsp3) is 0.211. The van der Waals surface area contributed by atoms with Crippen LogP contribution >= 0.6 is 0 Å². The number of para-hydroxylation sites is 1. The zero-order chi connectivity index (χ0) is 17.6. The number of aromatic nitrogens is 3. The lowest BCUT2D eigenvalue weighted by Crippen LogP contribution is -2.07. The van der Waals surface area contributed by atoms with Crippen LogP contribution in [-0.4, -0.2) is 15.2 Å². The number of benzene rings is 2. The molecule has 0 aliphatic carbocycles. The van der Waals surface area contributed by atoms with Gasteiger partial charge in [0.25, 0.3) is 0 Å². The van der Waals surface area contributed by atoms with E-state index < -0.39 is 0 Å². The van der Waals surface area contributed by atoms with Gasteiger partial charge in [0, 0.05) is 12.2 Å². The summed E-state index contributed by atoms with van der Waals surface area (Å²) in [6.45, 7) is 4.79. The van der Waals surface area contributed by atoms with Crippen LogP contribution in [-0.2, 0) is 6.54 Å². The first-order valence-corrected chi connectivity index (χ1v) is 8.16. The van der Waals surface area contributed by atoms with Gasteiger partial charge in [-0.25, -0.2) is 4.39 Å². The third-order valence-corrected chi connectivity index (χ3v) is 3.77. The van der Waals surface area contributed by atoms with Gasteiger partial charge in [0.1, 0.15) is 5.82 Å². The first kappa shape index (κ1) is 16.8. The highest BCUT2D eigenvalue weighted by Gasteiger charge is 2.07. The van der Waals surface area contributed by atoms with E-state index in [4.69, 9.17) is 0 Å². The van der Waals surface area contributed by atoms with E-state index >= 15 is 0 Å². The van der Waals surface area contributed by atoms with Gasteiger partial charge in [-0.3, -0.25) is 0 Å². The Morgan fingerprint density at radius 2 is 1.80 bits per heavy atom. The SMILES string of the molecule is CC(C)c1ccccc1Nc1cnnc(NCc2ccc(F)cc2)n1. The minimum Gasteiger partial charge on any atom is -0.349 e. The molecule has 0 radical (unpaired) electrons. The second-order valence-corrected chi connectivity index (χ2v) is 6.01. The lowest BCUT2D eigenvalue weighted by molar-refractivity contribution is 0.627. The van der Waals surface area contributed by atoms with E-state index in [1.54, 1.807) is 18.3 Å². The van der Waals surface area contributed by atoms with E-state index in [9.17, 15) is 4.39 Å². The zero-order valence-corrected chi connectivity index (χ0v) is 14.2. The minimum atomic E-state index is -0.253. The summed E-state index contributed by atoms with van der Waals surface area (Å²) in [6.07, 6.45) is 1.58. The van der Waals surface area contributed by atoms with Gasteiger partial charge in [0.15, 0.2) is 5.82 Å². The number of hydrogen-bond donors (Lipinski definition) is 2. The molecule has 3 aromatic rings. The van der Waals surface area contributed by atoms with Crippen molar-refractivity contribution >= 4 is 17.5 Å². The van der Waals surface area contributed by atoms with Crippen molar-refractivity contribution in [3.63, 3.8) is 0 Å². The fourth-order valence-electron chi connectivity index (χ4n) is 2.47. The number of halogens is 1.